The van der Waals surface area contributed by atoms with Crippen LogP contribution in [0.5, 0.6) is 0 Å². The van der Waals surface area contributed by atoms with Crippen molar-refractivity contribution in [2.75, 3.05) is 13.1 Å². The molecule has 1 atom stereocenters. The average Bonchev–Trinajstić information content (AvgIpc) is 3.21. The van der Waals surface area contributed by atoms with Crippen LogP contribution < -0.4 is 0 Å². The number of hydrogen-bond donors (Lipinski definition) is 0. The molecular formula is C20H19F2NO2. The molecule has 1 saturated heterocycles. The van der Waals surface area contributed by atoms with Crippen molar-refractivity contribution in [3.63, 3.8) is 0 Å². The zero-order valence-corrected chi connectivity index (χ0v) is 13.8. The van der Waals surface area contributed by atoms with Crippen molar-refractivity contribution in [3.05, 3.63) is 70.3 Å². The monoisotopic (exact) mass is 343 g/mol. The van der Waals surface area contributed by atoms with Gasteiger partial charge in [0.2, 0.25) is 0 Å². The first-order valence-electron chi connectivity index (χ1n) is 8.53. The second kappa shape index (κ2) is 6.56. The lowest BCUT2D eigenvalue weighted by atomic mass is 9.98. The first-order valence-corrected chi connectivity index (χ1v) is 8.53. The van der Waals surface area contributed by atoms with Crippen LogP contribution in [0.1, 0.15) is 33.5 Å². The summed E-state index contributed by atoms with van der Waals surface area (Å²) >= 11 is 0. The third-order valence-corrected chi connectivity index (χ3v) is 5.03. The van der Waals surface area contributed by atoms with E-state index >= 15 is 0 Å². The molecule has 3 nitrogen and oxygen atoms in total. The molecule has 2 aromatic carbocycles. The largest absolute Gasteiger partial charge is 0.372 e. The Morgan fingerprint density at radius 2 is 1.96 bits per heavy atom. The van der Waals surface area contributed by atoms with Crippen molar-refractivity contribution in [2.24, 2.45) is 5.92 Å². The van der Waals surface area contributed by atoms with Crippen LogP contribution in [0.15, 0.2) is 36.4 Å². The third kappa shape index (κ3) is 3.29. The summed E-state index contributed by atoms with van der Waals surface area (Å²) in [6, 6.07) is 9.36. The summed E-state index contributed by atoms with van der Waals surface area (Å²) in [7, 11) is 0. The highest BCUT2D eigenvalue weighted by Gasteiger charge is 2.29. The molecule has 25 heavy (non-hydrogen) atoms. The number of likely N-dealkylation sites (tertiary alicyclic amines) is 1. The minimum atomic E-state index is -0.555. The Kier molecular flexibility index (Phi) is 4.25. The lowest BCUT2D eigenvalue weighted by Crippen LogP contribution is -2.29. The zero-order valence-electron chi connectivity index (χ0n) is 13.8. The number of halogens is 2. The fourth-order valence-electron chi connectivity index (χ4n) is 3.82. The van der Waals surface area contributed by atoms with Crippen LogP contribution in [0.2, 0.25) is 0 Å². The highest BCUT2D eigenvalue weighted by molar-refractivity contribution is 5.96. The van der Waals surface area contributed by atoms with Gasteiger partial charge in [0.1, 0.15) is 11.6 Å². The van der Waals surface area contributed by atoms with Crippen LogP contribution in [-0.4, -0.2) is 23.9 Å². The molecule has 0 radical (unpaired) electrons. The van der Waals surface area contributed by atoms with Gasteiger partial charge < -0.3 is 9.64 Å². The average molecular weight is 343 g/mol. The molecule has 0 aliphatic carbocycles. The number of ether oxygens (including phenoxy) is 1. The second-order valence-corrected chi connectivity index (χ2v) is 6.82. The number of nitrogens with zero attached hydrogens (tertiary/aromatic N) is 1. The van der Waals surface area contributed by atoms with E-state index in [0.29, 0.717) is 43.9 Å². The predicted octanol–water partition coefficient (Wildman–Crippen LogP) is 3.70. The van der Waals surface area contributed by atoms with Crippen LogP contribution in [0, 0.1) is 17.6 Å². The van der Waals surface area contributed by atoms with E-state index in [1.165, 1.54) is 12.1 Å². The van der Waals surface area contributed by atoms with Crippen molar-refractivity contribution in [1.29, 1.82) is 0 Å². The van der Waals surface area contributed by atoms with Gasteiger partial charge in [0.05, 0.1) is 13.2 Å². The van der Waals surface area contributed by atoms with Gasteiger partial charge in [-0.15, -0.1) is 0 Å². The number of carbonyl (C=O) groups is 1. The maximum absolute atomic E-state index is 13.3. The van der Waals surface area contributed by atoms with E-state index in [0.717, 1.165) is 23.6 Å². The molecule has 0 spiro atoms. The van der Waals surface area contributed by atoms with Gasteiger partial charge in [0, 0.05) is 24.7 Å². The van der Waals surface area contributed by atoms with Gasteiger partial charge in [0.25, 0.3) is 5.91 Å². The quantitative estimate of drug-likeness (QED) is 0.850. The van der Waals surface area contributed by atoms with Gasteiger partial charge in [-0.3, -0.25) is 4.79 Å². The Labute approximate surface area is 145 Å². The Morgan fingerprint density at radius 1 is 1.16 bits per heavy atom. The molecule has 1 fully saturated rings. The van der Waals surface area contributed by atoms with Crippen LogP contribution in [-0.2, 0) is 24.4 Å². The van der Waals surface area contributed by atoms with Crippen LogP contribution in [0.3, 0.4) is 0 Å². The first kappa shape index (κ1) is 16.2. The Morgan fingerprint density at radius 3 is 2.76 bits per heavy atom. The second-order valence-electron chi connectivity index (χ2n) is 6.82. The van der Waals surface area contributed by atoms with E-state index < -0.39 is 11.6 Å². The van der Waals surface area contributed by atoms with Gasteiger partial charge in [-0.1, -0.05) is 12.1 Å². The number of carbonyl (C=O) groups excluding carboxylic acids is 1. The Bertz CT molecular complexity index is 801. The first-order chi connectivity index (χ1) is 12.1. The molecule has 0 aromatic heterocycles. The molecule has 1 amide bonds. The molecule has 4 rings (SSSR count). The molecule has 5 heteroatoms. The number of fused-ring (bicyclic) bond motifs is 1. The van der Waals surface area contributed by atoms with E-state index in [9.17, 15) is 13.6 Å². The molecule has 1 unspecified atom stereocenters. The van der Waals surface area contributed by atoms with Crippen molar-refractivity contribution < 1.29 is 18.3 Å². The SMILES string of the molecule is O=C(c1cccc2c1COC2)N1CCC(Cc2cc(F)cc(F)c2)C1. The lowest BCUT2D eigenvalue weighted by molar-refractivity contribution is 0.0782. The standard InChI is InChI=1S/C20H19F2NO2/c21-16-7-14(8-17(22)9-16)6-13-4-5-23(10-13)20(24)18-3-1-2-15-11-25-12-19(15)18/h1-3,7-9,13H,4-6,10-12H2. The van der Waals surface area contributed by atoms with Gasteiger partial charge in [0.15, 0.2) is 0 Å². The molecular weight excluding hydrogens is 324 g/mol. The summed E-state index contributed by atoms with van der Waals surface area (Å²) in [4.78, 5) is 14.7. The van der Waals surface area contributed by atoms with Crippen molar-refractivity contribution in [1.82, 2.24) is 4.90 Å². The van der Waals surface area contributed by atoms with Gasteiger partial charge in [-0.25, -0.2) is 8.78 Å². The van der Waals surface area contributed by atoms with E-state index in [1.54, 1.807) is 0 Å². The fraction of sp³-hybridized carbons (Fsp3) is 0.350. The number of hydrogen-bond acceptors (Lipinski definition) is 2. The van der Waals surface area contributed by atoms with Crippen LogP contribution in [0.25, 0.3) is 0 Å². The number of rotatable bonds is 3. The molecule has 2 aliphatic heterocycles. The maximum Gasteiger partial charge on any atom is 0.254 e. The summed E-state index contributed by atoms with van der Waals surface area (Å²) < 4.78 is 32.1. The van der Waals surface area contributed by atoms with Gasteiger partial charge in [-0.2, -0.15) is 0 Å². The van der Waals surface area contributed by atoms with Gasteiger partial charge >= 0.3 is 0 Å². The molecule has 0 saturated carbocycles. The van der Waals surface area contributed by atoms with Crippen molar-refractivity contribution in [3.8, 4) is 0 Å². The highest BCUT2D eigenvalue weighted by atomic mass is 19.1. The smallest absolute Gasteiger partial charge is 0.254 e. The van der Waals surface area contributed by atoms with E-state index in [4.69, 9.17) is 4.74 Å². The molecule has 0 bridgehead atoms. The summed E-state index contributed by atoms with van der Waals surface area (Å²) in [6.07, 6.45) is 1.42. The predicted molar refractivity (Wildman–Crippen MR) is 89.0 cm³/mol. The number of benzene rings is 2. The minimum absolute atomic E-state index is 0.0234. The molecule has 2 aromatic rings. The minimum Gasteiger partial charge on any atom is -0.372 e. The lowest BCUT2D eigenvalue weighted by Gasteiger charge is -2.18. The van der Waals surface area contributed by atoms with E-state index in [-0.39, 0.29) is 11.8 Å². The van der Waals surface area contributed by atoms with Crippen molar-refractivity contribution in [2.45, 2.75) is 26.1 Å². The fourth-order valence-corrected chi connectivity index (χ4v) is 3.82. The Hall–Kier alpha value is -2.27. The maximum atomic E-state index is 13.3. The molecule has 2 aliphatic rings. The molecule has 0 N–H and O–H groups in total. The number of amides is 1. The topological polar surface area (TPSA) is 29.5 Å². The zero-order chi connectivity index (χ0) is 17.4. The summed E-state index contributed by atoms with van der Waals surface area (Å²) in [6.45, 7) is 2.33. The normalized spacial score (nSPS) is 19.3. The summed E-state index contributed by atoms with van der Waals surface area (Å²) in [5.41, 5.74) is 3.43. The van der Waals surface area contributed by atoms with E-state index in [1.807, 2.05) is 23.1 Å². The molecule has 130 valence electrons. The van der Waals surface area contributed by atoms with Crippen LogP contribution >= 0.6 is 0 Å². The third-order valence-electron chi connectivity index (χ3n) is 5.03. The highest BCUT2D eigenvalue weighted by Crippen LogP contribution is 2.27. The summed E-state index contributed by atoms with van der Waals surface area (Å²) in [5.74, 6) is -0.866. The molecule has 2 heterocycles. The van der Waals surface area contributed by atoms with E-state index in [2.05, 4.69) is 0 Å². The van der Waals surface area contributed by atoms with Gasteiger partial charge in [-0.05, 0) is 53.6 Å². The Balaban J connectivity index is 1.46. The van der Waals surface area contributed by atoms with Crippen molar-refractivity contribution >= 4 is 5.91 Å². The van der Waals surface area contributed by atoms with Crippen LogP contribution in [0.4, 0.5) is 8.78 Å². The summed E-state index contributed by atoms with van der Waals surface area (Å²) in [5, 5.41) is 0.